The molecule has 4 heteroatoms. The molecule has 0 amide bonds. The monoisotopic (exact) mass is 277 g/mol. The highest BCUT2D eigenvalue weighted by Gasteiger charge is 2.13. The Hall–Kier alpha value is -1.39. The molecule has 0 bridgehead atoms. The first kappa shape index (κ1) is 14.0. The third kappa shape index (κ3) is 3.55. The number of nitrogens with zero attached hydrogens (tertiary/aromatic N) is 1. The normalized spacial score (nSPS) is 17.0. The molecule has 0 saturated carbocycles. The summed E-state index contributed by atoms with van der Waals surface area (Å²) in [6, 6.07) is 7.20. The first-order valence-electron chi connectivity index (χ1n) is 6.33. The molecular formula is C15H19NO2S. The van der Waals surface area contributed by atoms with Gasteiger partial charge in [0.05, 0.1) is 4.90 Å². The van der Waals surface area contributed by atoms with Gasteiger partial charge >= 0.3 is 0 Å². The summed E-state index contributed by atoms with van der Waals surface area (Å²) in [6.45, 7) is 6.52. The van der Waals surface area contributed by atoms with Crippen molar-refractivity contribution >= 4 is 15.4 Å². The van der Waals surface area contributed by atoms with Crippen LogP contribution in [0.4, 0.5) is 0 Å². The maximum Gasteiger partial charge on any atom is 0.175 e. The minimum Gasteiger partial charge on any atom is -0.296 e. The van der Waals surface area contributed by atoms with E-state index in [1.54, 1.807) is 12.1 Å². The number of rotatable bonds is 4. The Morgan fingerprint density at radius 2 is 2.21 bits per heavy atom. The van der Waals surface area contributed by atoms with E-state index in [1.165, 1.54) is 11.8 Å². The van der Waals surface area contributed by atoms with Crippen LogP contribution in [-0.4, -0.2) is 39.2 Å². The second-order valence-corrected chi connectivity index (χ2v) is 6.84. The van der Waals surface area contributed by atoms with Crippen LogP contribution < -0.4 is 0 Å². The summed E-state index contributed by atoms with van der Waals surface area (Å²) < 4.78 is 23.1. The van der Waals surface area contributed by atoms with Gasteiger partial charge in [0.2, 0.25) is 0 Å². The fraction of sp³-hybridized carbons (Fsp3) is 0.333. The molecule has 102 valence electrons. The van der Waals surface area contributed by atoms with E-state index in [2.05, 4.69) is 17.6 Å². The Bertz CT molecular complexity index is 602. The van der Waals surface area contributed by atoms with Crippen molar-refractivity contribution in [1.29, 1.82) is 0 Å². The second kappa shape index (κ2) is 5.72. The molecule has 1 aliphatic rings. The van der Waals surface area contributed by atoms with Crippen LogP contribution >= 0.6 is 0 Å². The van der Waals surface area contributed by atoms with Gasteiger partial charge in [0, 0.05) is 25.9 Å². The lowest BCUT2D eigenvalue weighted by atomic mass is 9.99. The molecule has 0 unspecified atom stereocenters. The lowest BCUT2D eigenvalue weighted by Crippen LogP contribution is -2.28. The Morgan fingerprint density at radius 3 is 2.79 bits per heavy atom. The highest BCUT2D eigenvalue weighted by Crippen LogP contribution is 2.24. The molecule has 0 fully saturated rings. The van der Waals surface area contributed by atoms with Gasteiger partial charge in [0.15, 0.2) is 9.84 Å². The topological polar surface area (TPSA) is 37.4 Å². The third-order valence-corrected chi connectivity index (χ3v) is 4.42. The predicted molar refractivity (Wildman–Crippen MR) is 78.8 cm³/mol. The number of hydrogen-bond acceptors (Lipinski definition) is 3. The summed E-state index contributed by atoms with van der Waals surface area (Å²) in [6.07, 6.45) is 6.27. The van der Waals surface area contributed by atoms with E-state index in [0.29, 0.717) is 4.90 Å². The molecule has 0 saturated heterocycles. The van der Waals surface area contributed by atoms with Crippen LogP contribution in [0.15, 0.2) is 47.9 Å². The van der Waals surface area contributed by atoms with E-state index < -0.39 is 9.84 Å². The van der Waals surface area contributed by atoms with Gasteiger partial charge in [0.1, 0.15) is 0 Å². The Labute approximate surface area is 115 Å². The highest BCUT2D eigenvalue weighted by molar-refractivity contribution is 7.90. The molecule has 0 aliphatic carbocycles. The molecule has 2 rings (SSSR count). The fourth-order valence-electron chi connectivity index (χ4n) is 2.25. The van der Waals surface area contributed by atoms with Gasteiger partial charge in [0.25, 0.3) is 0 Å². The van der Waals surface area contributed by atoms with Crippen LogP contribution in [0.2, 0.25) is 0 Å². The van der Waals surface area contributed by atoms with Crippen molar-refractivity contribution in [1.82, 2.24) is 4.90 Å². The maximum atomic E-state index is 11.6. The number of sulfone groups is 1. The molecule has 1 aromatic carbocycles. The fourth-order valence-corrected chi connectivity index (χ4v) is 2.92. The lowest BCUT2D eigenvalue weighted by Gasteiger charge is -2.25. The summed E-state index contributed by atoms with van der Waals surface area (Å²) in [5, 5.41) is 0. The SMILES string of the molecule is C=CCN1CC=C(c2cccc(S(C)(=O)=O)c2)CC1. The van der Waals surface area contributed by atoms with Crippen molar-refractivity contribution in [2.75, 3.05) is 25.9 Å². The van der Waals surface area contributed by atoms with E-state index in [4.69, 9.17) is 0 Å². The third-order valence-electron chi connectivity index (χ3n) is 3.31. The van der Waals surface area contributed by atoms with Gasteiger partial charge in [-0.2, -0.15) is 0 Å². The highest BCUT2D eigenvalue weighted by atomic mass is 32.2. The van der Waals surface area contributed by atoms with Crippen molar-refractivity contribution in [3.63, 3.8) is 0 Å². The van der Waals surface area contributed by atoms with Crippen LogP contribution in [0.5, 0.6) is 0 Å². The van der Waals surface area contributed by atoms with E-state index in [9.17, 15) is 8.42 Å². The van der Waals surface area contributed by atoms with Gasteiger partial charge < -0.3 is 0 Å². The number of hydrogen-bond donors (Lipinski definition) is 0. The predicted octanol–water partition coefficient (Wildman–Crippen LogP) is 2.37. The van der Waals surface area contributed by atoms with Crippen molar-refractivity contribution in [3.05, 3.63) is 48.6 Å². The average molecular weight is 277 g/mol. The molecule has 0 aromatic heterocycles. The van der Waals surface area contributed by atoms with E-state index in [1.807, 2.05) is 18.2 Å². The van der Waals surface area contributed by atoms with Crippen LogP contribution in [0, 0.1) is 0 Å². The minimum absolute atomic E-state index is 0.388. The van der Waals surface area contributed by atoms with Gasteiger partial charge in [-0.05, 0) is 29.7 Å². The Kier molecular flexibility index (Phi) is 4.22. The zero-order valence-electron chi connectivity index (χ0n) is 11.2. The van der Waals surface area contributed by atoms with Crippen LogP contribution in [0.25, 0.3) is 5.57 Å². The summed E-state index contributed by atoms with van der Waals surface area (Å²) in [7, 11) is -3.13. The summed E-state index contributed by atoms with van der Waals surface area (Å²) in [5.74, 6) is 0. The lowest BCUT2D eigenvalue weighted by molar-refractivity contribution is 0.335. The zero-order valence-corrected chi connectivity index (χ0v) is 12.0. The first-order chi connectivity index (χ1) is 9.00. The first-order valence-corrected chi connectivity index (χ1v) is 8.22. The van der Waals surface area contributed by atoms with Crippen LogP contribution in [-0.2, 0) is 9.84 Å². The molecule has 0 N–H and O–H groups in total. The molecule has 19 heavy (non-hydrogen) atoms. The van der Waals surface area contributed by atoms with Crippen molar-refractivity contribution in [3.8, 4) is 0 Å². The molecule has 1 aliphatic heterocycles. The average Bonchev–Trinajstić information content (AvgIpc) is 2.39. The molecule has 1 heterocycles. The smallest absolute Gasteiger partial charge is 0.175 e. The minimum atomic E-state index is -3.13. The van der Waals surface area contributed by atoms with Crippen molar-refractivity contribution in [2.24, 2.45) is 0 Å². The molecule has 1 aromatic rings. The van der Waals surface area contributed by atoms with E-state index >= 15 is 0 Å². The summed E-state index contributed by atoms with van der Waals surface area (Å²) >= 11 is 0. The summed E-state index contributed by atoms with van der Waals surface area (Å²) in [5.41, 5.74) is 2.24. The van der Waals surface area contributed by atoms with Gasteiger partial charge in [-0.25, -0.2) is 8.42 Å². The Balaban J connectivity index is 2.22. The van der Waals surface area contributed by atoms with E-state index in [0.717, 1.165) is 31.6 Å². The Morgan fingerprint density at radius 1 is 1.42 bits per heavy atom. The van der Waals surface area contributed by atoms with Gasteiger partial charge in [-0.1, -0.05) is 24.3 Å². The van der Waals surface area contributed by atoms with Gasteiger partial charge in [-0.3, -0.25) is 4.90 Å². The quantitative estimate of drug-likeness (QED) is 0.793. The maximum absolute atomic E-state index is 11.6. The molecular weight excluding hydrogens is 258 g/mol. The van der Waals surface area contributed by atoms with Gasteiger partial charge in [-0.15, -0.1) is 6.58 Å². The summed E-state index contributed by atoms with van der Waals surface area (Å²) in [4.78, 5) is 2.69. The zero-order chi connectivity index (χ0) is 13.9. The molecule has 0 spiro atoms. The number of benzene rings is 1. The molecule has 3 nitrogen and oxygen atoms in total. The van der Waals surface area contributed by atoms with Crippen LogP contribution in [0.3, 0.4) is 0 Å². The standard InChI is InChI=1S/C15H19NO2S/c1-3-9-16-10-7-13(8-11-16)14-5-4-6-15(12-14)19(2,17)18/h3-7,12H,1,8-11H2,2H3. The second-order valence-electron chi connectivity index (χ2n) is 4.83. The van der Waals surface area contributed by atoms with Crippen LogP contribution in [0.1, 0.15) is 12.0 Å². The molecule has 0 atom stereocenters. The van der Waals surface area contributed by atoms with Crippen molar-refractivity contribution < 1.29 is 8.42 Å². The molecule has 0 radical (unpaired) electrons. The largest absolute Gasteiger partial charge is 0.296 e. The van der Waals surface area contributed by atoms with Crippen molar-refractivity contribution in [2.45, 2.75) is 11.3 Å². The van der Waals surface area contributed by atoms with E-state index in [-0.39, 0.29) is 0 Å².